The van der Waals surface area contributed by atoms with Gasteiger partial charge in [-0.3, -0.25) is 0 Å². The van der Waals surface area contributed by atoms with Crippen LogP contribution in [0.1, 0.15) is 32.1 Å². The lowest BCUT2D eigenvalue weighted by Crippen LogP contribution is -2.39. The molecule has 0 radical (unpaired) electrons. The topological polar surface area (TPSA) is 45.7 Å². The van der Waals surface area contributed by atoms with Crippen molar-refractivity contribution in [2.45, 2.75) is 39.0 Å². The molecule has 0 spiro atoms. The predicted octanol–water partition coefficient (Wildman–Crippen LogP) is 3.61. The van der Waals surface area contributed by atoms with Gasteiger partial charge >= 0.3 is 12.3 Å². The predicted molar refractivity (Wildman–Crippen MR) is 81.8 cm³/mol. The van der Waals surface area contributed by atoms with Crippen LogP contribution in [0.5, 0.6) is 0 Å². The third-order valence-corrected chi connectivity index (χ3v) is 4.29. The fourth-order valence-corrected chi connectivity index (χ4v) is 2.99. The number of hydrogen-bond acceptors (Lipinski definition) is 5. The minimum absolute atomic E-state index is 0.336. The average molecular weight is 351 g/mol. The van der Waals surface area contributed by atoms with Gasteiger partial charge in [-0.15, -0.1) is 0 Å². The van der Waals surface area contributed by atoms with Crippen molar-refractivity contribution in [3.05, 3.63) is 11.1 Å². The molecule has 1 aromatic heterocycles. The first-order chi connectivity index (χ1) is 10.6. The molecule has 1 aliphatic rings. The van der Waals surface area contributed by atoms with Gasteiger partial charge in [-0.2, -0.15) is 13.2 Å². The van der Waals surface area contributed by atoms with Gasteiger partial charge in [-0.25, -0.2) is 9.78 Å². The van der Waals surface area contributed by atoms with Crippen LogP contribution < -0.4 is 4.90 Å². The van der Waals surface area contributed by atoms with E-state index in [0.717, 1.165) is 6.20 Å². The van der Waals surface area contributed by atoms with E-state index in [1.54, 1.807) is 30.6 Å². The van der Waals surface area contributed by atoms with Crippen molar-refractivity contribution >= 4 is 22.6 Å². The largest absolute Gasteiger partial charge is 0.444 e. The molecular weight excluding hydrogens is 331 g/mol. The molecule has 0 saturated carbocycles. The molecule has 1 amide bonds. The number of carbonyl (C=O) groups is 1. The Hall–Kier alpha value is -1.51. The van der Waals surface area contributed by atoms with Crippen LogP contribution in [0, 0.1) is 0 Å². The molecule has 5 nitrogen and oxygen atoms in total. The van der Waals surface area contributed by atoms with Crippen LogP contribution in [0.2, 0.25) is 0 Å². The Labute approximate surface area is 137 Å². The molecule has 0 unspecified atom stereocenters. The summed E-state index contributed by atoms with van der Waals surface area (Å²) in [4.78, 5) is 18.6. The van der Waals surface area contributed by atoms with Gasteiger partial charge in [0.2, 0.25) is 0 Å². The van der Waals surface area contributed by atoms with E-state index in [1.807, 2.05) is 0 Å². The molecule has 1 saturated heterocycles. The average Bonchev–Trinajstić information content (AvgIpc) is 2.75. The van der Waals surface area contributed by atoms with E-state index in [-0.39, 0.29) is 0 Å². The first-order valence-corrected chi connectivity index (χ1v) is 8.14. The maximum Gasteiger partial charge on any atom is 0.427 e. The van der Waals surface area contributed by atoms with E-state index in [9.17, 15) is 18.0 Å². The van der Waals surface area contributed by atoms with Crippen LogP contribution in [0.25, 0.3) is 0 Å². The number of halogens is 3. The van der Waals surface area contributed by atoms with E-state index < -0.39 is 22.7 Å². The maximum atomic E-state index is 12.7. The van der Waals surface area contributed by atoms with E-state index >= 15 is 0 Å². The molecule has 0 bridgehead atoms. The number of nitrogens with zero attached hydrogens (tertiary/aromatic N) is 3. The minimum Gasteiger partial charge on any atom is -0.444 e. The van der Waals surface area contributed by atoms with E-state index in [2.05, 4.69) is 4.98 Å². The highest BCUT2D eigenvalue weighted by Crippen LogP contribution is 2.36. The molecule has 23 heavy (non-hydrogen) atoms. The number of aromatic nitrogens is 1. The summed E-state index contributed by atoms with van der Waals surface area (Å²) in [7, 11) is 0. The number of alkyl halides is 3. The highest BCUT2D eigenvalue weighted by atomic mass is 32.1. The number of anilines is 1. The Morgan fingerprint density at radius 1 is 1.22 bits per heavy atom. The Kier molecular flexibility index (Phi) is 5.07. The van der Waals surface area contributed by atoms with E-state index in [0.29, 0.717) is 49.1 Å². The first-order valence-electron chi connectivity index (χ1n) is 7.32. The number of amides is 1. The second-order valence-electron chi connectivity index (χ2n) is 6.31. The summed E-state index contributed by atoms with van der Waals surface area (Å²) >= 11 is 0.630. The highest BCUT2D eigenvalue weighted by Gasteiger charge is 2.34. The third kappa shape index (κ3) is 4.98. The standard InChI is InChI=1S/C14H20F3N3O2S/c1-13(2,3)22-12(21)20-6-4-5-19(7-8-20)11-18-9-10(23-11)14(15,16)17/h9H,4-8H2,1-3H3. The fraction of sp³-hybridized carbons (Fsp3) is 0.714. The SMILES string of the molecule is CC(C)(C)OC(=O)N1CCCN(c2ncc(C(F)(F)F)s2)CC1. The maximum absolute atomic E-state index is 12.7. The second-order valence-corrected chi connectivity index (χ2v) is 7.32. The van der Waals surface area contributed by atoms with Gasteiger partial charge in [-0.05, 0) is 27.2 Å². The summed E-state index contributed by atoms with van der Waals surface area (Å²) in [6, 6.07) is 0. The molecule has 0 atom stereocenters. The van der Waals surface area contributed by atoms with Gasteiger partial charge in [0.1, 0.15) is 10.5 Å². The zero-order valence-electron chi connectivity index (χ0n) is 13.3. The lowest BCUT2D eigenvalue weighted by atomic mass is 10.2. The molecule has 2 rings (SSSR count). The van der Waals surface area contributed by atoms with E-state index in [1.165, 1.54) is 0 Å². The zero-order chi connectivity index (χ0) is 17.3. The summed E-state index contributed by atoms with van der Waals surface area (Å²) < 4.78 is 43.3. The van der Waals surface area contributed by atoms with Gasteiger partial charge in [-0.1, -0.05) is 11.3 Å². The molecule has 9 heteroatoms. The molecule has 1 aliphatic heterocycles. The number of ether oxygens (including phenoxy) is 1. The molecule has 0 aliphatic carbocycles. The summed E-state index contributed by atoms with van der Waals surface area (Å²) in [6.45, 7) is 7.29. The Morgan fingerprint density at radius 3 is 2.48 bits per heavy atom. The van der Waals surface area contributed by atoms with Crippen molar-refractivity contribution in [3.8, 4) is 0 Å². The molecule has 1 aromatic rings. The van der Waals surface area contributed by atoms with Crippen LogP contribution in [-0.2, 0) is 10.9 Å². The quantitative estimate of drug-likeness (QED) is 0.775. The number of rotatable bonds is 1. The molecule has 1 fully saturated rings. The fourth-order valence-electron chi connectivity index (χ4n) is 2.16. The monoisotopic (exact) mass is 351 g/mol. The summed E-state index contributed by atoms with van der Waals surface area (Å²) in [6.07, 6.45) is -3.25. The highest BCUT2D eigenvalue weighted by molar-refractivity contribution is 7.15. The normalized spacial score (nSPS) is 17.1. The number of hydrogen-bond donors (Lipinski definition) is 0. The molecular formula is C14H20F3N3O2S. The Bertz CT molecular complexity index is 554. The molecule has 2 heterocycles. The van der Waals surface area contributed by atoms with Gasteiger partial charge in [0, 0.05) is 26.2 Å². The zero-order valence-corrected chi connectivity index (χ0v) is 14.1. The van der Waals surface area contributed by atoms with Crippen LogP contribution in [0.4, 0.5) is 23.1 Å². The van der Waals surface area contributed by atoms with Crippen LogP contribution in [0.3, 0.4) is 0 Å². The van der Waals surface area contributed by atoms with Gasteiger partial charge in [0.05, 0.1) is 6.20 Å². The van der Waals surface area contributed by atoms with Crippen LogP contribution >= 0.6 is 11.3 Å². The Balaban J connectivity index is 1.98. The van der Waals surface area contributed by atoms with Crippen molar-refractivity contribution in [3.63, 3.8) is 0 Å². The van der Waals surface area contributed by atoms with Gasteiger partial charge in [0.15, 0.2) is 5.13 Å². The third-order valence-electron chi connectivity index (χ3n) is 3.19. The summed E-state index contributed by atoms with van der Waals surface area (Å²) in [5, 5.41) is 0.336. The second kappa shape index (κ2) is 6.54. The van der Waals surface area contributed by atoms with Crippen molar-refractivity contribution in [1.29, 1.82) is 0 Å². The summed E-state index contributed by atoms with van der Waals surface area (Å²) in [5.41, 5.74) is -0.569. The van der Waals surface area contributed by atoms with Crippen molar-refractivity contribution < 1.29 is 22.7 Å². The molecule has 0 aromatic carbocycles. The van der Waals surface area contributed by atoms with Crippen LogP contribution in [0.15, 0.2) is 6.20 Å². The van der Waals surface area contributed by atoms with Gasteiger partial charge in [0.25, 0.3) is 0 Å². The van der Waals surface area contributed by atoms with Crippen molar-refractivity contribution in [1.82, 2.24) is 9.88 Å². The number of carbonyl (C=O) groups excluding carboxylic acids is 1. The number of thiazole rings is 1. The molecule has 130 valence electrons. The van der Waals surface area contributed by atoms with Crippen molar-refractivity contribution in [2.75, 3.05) is 31.1 Å². The lowest BCUT2D eigenvalue weighted by molar-refractivity contribution is -0.134. The lowest BCUT2D eigenvalue weighted by Gasteiger charge is -2.26. The smallest absolute Gasteiger partial charge is 0.427 e. The Morgan fingerprint density at radius 2 is 1.91 bits per heavy atom. The molecule has 0 N–H and O–H groups in total. The first kappa shape index (κ1) is 17.8. The van der Waals surface area contributed by atoms with E-state index in [4.69, 9.17) is 4.74 Å². The van der Waals surface area contributed by atoms with Gasteiger partial charge < -0.3 is 14.5 Å². The van der Waals surface area contributed by atoms with Crippen LogP contribution in [-0.4, -0.2) is 47.8 Å². The van der Waals surface area contributed by atoms with Crippen molar-refractivity contribution in [2.24, 2.45) is 0 Å². The summed E-state index contributed by atoms with van der Waals surface area (Å²) in [5.74, 6) is 0. The minimum atomic E-state index is -4.37.